The van der Waals surface area contributed by atoms with Crippen molar-refractivity contribution in [3.8, 4) is 5.75 Å². The van der Waals surface area contributed by atoms with Crippen molar-refractivity contribution in [3.05, 3.63) is 29.3 Å². The van der Waals surface area contributed by atoms with Gasteiger partial charge in [0.25, 0.3) is 0 Å². The SMILES string of the molecule is COC(=O)c1cc(C)ccc1OCCCCN.Cl. The van der Waals surface area contributed by atoms with E-state index in [1.54, 1.807) is 12.1 Å². The van der Waals surface area contributed by atoms with Crippen molar-refractivity contribution >= 4 is 18.4 Å². The van der Waals surface area contributed by atoms with E-state index < -0.39 is 0 Å². The Bertz CT molecular complexity index is 382. The Labute approximate surface area is 114 Å². The van der Waals surface area contributed by atoms with Crippen molar-refractivity contribution in [2.75, 3.05) is 20.3 Å². The number of ether oxygens (including phenoxy) is 2. The normalized spacial score (nSPS) is 9.50. The first-order chi connectivity index (χ1) is 8.19. The minimum absolute atomic E-state index is 0. The molecule has 0 aromatic heterocycles. The van der Waals surface area contributed by atoms with Gasteiger partial charge in [0, 0.05) is 0 Å². The number of benzene rings is 1. The van der Waals surface area contributed by atoms with E-state index in [0.29, 0.717) is 24.5 Å². The van der Waals surface area contributed by atoms with Crippen LogP contribution < -0.4 is 10.5 Å². The Morgan fingerprint density at radius 3 is 2.67 bits per heavy atom. The number of carbonyl (C=O) groups is 1. The van der Waals surface area contributed by atoms with Crippen LogP contribution in [0.2, 0.25) is 0 Å². The molecule has 1 rings (SSSR count). The molecule has 0 aliphatic heterocycles. The van der Waals surface area contributed by atoms with E-state index in [-0.39, 0.29) is 18.4 Å². The van der Waals surface area contributed by atoms with Gasteiger partial charge in [-0.05, 0) is 38.4 Å². The number of rotatable bonds is 6. The van der Waals surface area contributed by atoms with Gasteiger partial charge in [-0.2, -0.15) is 0 Å². The van der Waals surface area contributed by atoms with Gasteiger partial charge in [-0.25, -0.2) is 4.79 Å². The maximum Gasteiger partial charge on any atom is 0.341 e. The third-order valence-electron chi connectivity index (χ3n) is 2.40. The summed E-state index contributed by atoms with van der Waals surface area (Å²) in [6.45, 7) is 3.13. The molecule has 0 aliphatic carbocycles. The van der Waals surface area contributed by atoms with Crippen molar-refractivity contribution in [1.29, 1.82) is 0 Å². The highest BCUT2D eigenvalue weighted by atomic mass is 35.5. The Hall–Kier alpha value is -1.26. The zero-order chi connectivity index (χ0) is 12.7. The van der Waals surface area contributed by atoms with Crippen LogP contribution >= 0.6 is 12.4 Å². The summed E-state index contributed by atoms with van der Waals surface area (Å²) in [6.07, 6.45) is 1.80. The van der Waals surface area contributed by atoms with Crippen LogP contribution in [0.1, 0.15) is 28.8 Å². The van der Waals surface area contributed by atoms with Crippen molar-refractivity contribution in [2.24, 2.45) is 5.73 Å². The lowest BCUT2D eigenvalue weighted by Gasteiger charge is -2.10. The summed E-state index contributed by atoms with van der Waals surface area (Å²) in [4.78, 5) is 11.6. The Kier molecular flexibility index (Phi) is 8.16. The molecule has 2 N–H and O–H groups in total. The standard InChI is InChI=1S/C13H19NO3.ClH/c1-10-5-6-12(17-8-4-3-7-14)11(9-10)13(15)16-2;/h5-6,9H,3-4,7-8,14H2,1-2H3;1H. The van der Waals surface area contributed by atoms with Crippen LogP contribution in [0.4, 0.5) is 0 Å². The maximum absolute atomic E-state index is 11.6. The molecule has 4 nitrogen and oxygen atoms in total. The van der Waals surface area contributed by atoms with Crippen molar-refractivity contribution in [3.63, 3.8) is 0 Å². The fourth-order valence-electron chi connectivity index (χ4n) is 1.47. The van der Waals surface area contributed by atoms with Gasteiger partial charge >= 0.3 is 5.97 Å². The third-order valence-corrected chi connectivity index (χ3v) is 2.40. The second-order valence-electron chi connectivity index (χ2n) is 3.84. The van der Waals surface area contributed by atoms with Gasteiger partial charge in [-0.3, -0.25) is 0 Å². The quantitative estimate of drug-likeness (QED) is 0.638. The van der Waals surface area contributed by atoms with Crippen LogP contribution in [-0.4, -0.2) is 26.2 Å². The highest BCUT2D eigenvalue weighted by Crippen LogP contribution is 2.21. The molecule has 0 saturated heterocycles. The summed E-state index contributed by atoms with van der Waals surface area (Å²) in [5.41, 5.74) is 6.87. The molecule has 0 bridgehead atoms. The van der Waals surface area contributed by atoms with E-state index in [1.165, 1.54) is 7.11 Å². The molecule has 0 heterocycles. The first-order valence-corrected chi connectivity index (χ1v) is 5.71. The molecule has 1 aromatic rings. The Balaban J connectivity index is 0.00000289. The van der Waals surface area contributed by atoms with Crippen LogP contribution in [0.25, 0.3) is 0 Å². The zero-order valence-electron chi connectivity index (χ0n) is 10.8. The number of esters is 1. The minimum atomic E-state index is -0.373. The molecular weight excluding hydrogens is 254 g/mol. The van der Waals surface area contributed by atoms with E-state index in [9.17, 15) is 4.79 Å². The number of nitrogens with two attached hydrogens (primary N) is 1. The largest absolute Gasteiger partial charge is 0.493 e. The lowest BCUT2D eigenvalue weighted by atomic mass is 10.1. The Morgan fingerprint density at radius 1 is 1.33 bits per heavy atom. The fourth-order valence-corrected chi connectivity index (χ4v) is 1.47. The van der Waals surface area contributed by atoms with Crippen molar-refractivity contribution in [1.82, 2.24) is 0 Å². The van der Waals surface area contributed by atoms with Crippen LogP contribution in [-0.2, 0) is 4.74 Å². The van der Waals surface area contributed by atoms with Crippen LogP contribution in [0.5, 0.6) is 5.75 Å². The summed E-state index contributed by atoms with van der Waals surface area (Å²) < 4.78 is 10.3. The molecular formula is C13H20ClNO3. The fraction of sp³-hybridized carbons (Fsp3) is 0.462. The van der Waals surface area contributed by atoms with Crippen LogP contribution in [0, 0.1) is 6.92 Å². The molecule has 5 heteroatoms. The smallest absolute Gasteiger partial charge is 0.341 e. The highest BCUT2D eigenvalue weighted by Gasteiger charge is 2.12. The van der Waals surface area contributed by atoms with Gasteiger partial charge in [0.15, 0.2) is 0 Å². The first-order valence-electron chi connectivity index (χ1n) is 5.71. The van der Waals surface area contributed by atoms with E-state index >= 15 is 0 Å². The molecule has 0 unspecified atom stereocenters. The molecule has 0 saturated carbocycles. The average molecular weight is 274 g/mol. The Morgan fingerprint density at radius 2 is 2.06 bits per heavy atom. The number of aryl methyl sites for hydroxylation is 1. The van der Waals surface area contributed by atoms with E-state index in [1.807, 2.05) is 13.0 Å². The minimum Gasteiger partial charge on any atom is -0.493 e. The van der Waals surface area contributed by atoms with Gasteiger partial charge in [0.05, 0.1) is 13.7 Å². The molecule has 0 spiro atoms. The predicted octanol–water partition coefficient (Wildman–Crippen LogP) is 2.32. The number of unbranched alkanes of at least 4 members (excludes halogenated alkanes) is 1. The van der Waals surface area contributed by atoms with Gasteiger partial charge in [0.1, 0.15) is 11.3 Å². The lowest BCUT2D eigenvalue weighted by Crippen LogP contribution is -2.08. The summed E-state index contributed by atoms with van der Waals surface area (Å²) in [5, 5.41) is 0. The van der Waals surface area contributed by atoms with Gasteiger partial charge < -0.3 is 15.2 Å². The molecule has 0 amide bonds. The van der Waals surface area contributed by atoms with Crippen molar-refractivity contribution in [2.45, 2.75) is 19.8 Å². The van der Waals surface area contributed by atoms with Crippen LogP contribution in [0.15, 0.2) is 18.2 Å². The van der Waals surface area contributed by atoms with Gasteiger partial charge in [-0.1, -0.05) is 11.6 Å². The maximum atomic E-state index is 11.6. The summed E-state index contributed by atoms with van der Waals surface area (Å²) in [7, 11) is 1.36. The second kappa shape index (κ2) is 8.78. The predicted molar refractivity (Wildman–Crippen MR) is 73.5 cm³/mol. The topological polar surface area (TPSA) is 61.5 Å². The number of methoxy groups -OCH3 is 1. The molecule has 1 aromatic carbocycles. The van der Waals surface area contributed by atoms with E-state index in [0.717, 1.165) is 18.4 Å². The van der Waals surface area contributed by atoms with E-state index in [4.69, 9.17) is 15.2 Å². The lowest BCUT2D eigenvalue weighted by molar-refractivity contribution is 0.0596. The molecule has 0 radical (unpaired) electrons. The van der Waals surface area contributed by atoms with Crippen molar-refractivity contribution < 1.29 is 14.3 Å². The van der Waals surface area contributed by atoms with Crippen LogP contribution in [0.3, 0.4) is 0 Å². The summed E-state index contributed by atoms with van der Waals surface area (Å²) in [6, 6.07) is 5.47. The van der Waals surface area contributed by atoms with Gasteiger partial charge in [0.2, 0.25) is 0 Å². The monoisotopic (exact) mass is 273 g/mol. The highest BCUT2D eigenvalue weighted by molar-refractivity contribution is 5.92. The molecule has 0 fully saturated rings. The average Bonchev–Trinajstić information content (AvgIpc) is 2.35. The molecule has 18 heavy (non-hydrogen) atoms. The zero-order valence-corrected chi connectivity index (χ0v) is 11.6. The third kappa shape index (κ3) is 4.94. The number of hydrogen-bond donors (Lipinski definition) is 1. The van der Waals surface area contributed by atoms with E-state index in [2.05, 4.69) is 0 Å². The number of carbonyl (C=O) groups excluding carboxylic acids is 1. The first kappa shape index (κ1) is 16.7. The summed E-state index contributed by atoms with van der Waals surface area (Å²) in [5.74, 6) is 0.196. The molecule has 0 atom stereocenters. The molecule has 0 aliphatic rings. The molecule has 102 valence electrons. The number of halogens is 1. The summed E-state index contributed by atoms with van der Waals surface area (Å²) >= 11 is 0. The van der Waals surface area contributed by atoms with Gasteiger partial charge in [-0.15, -0.1) is 12.4 Å². The second-order valence-corrected chi connectivity index (χ2v) is 3.84. The number of hydrogen-bond acceptors (Lipinski definition) is 4.